The zero-order valence-corrected chi connectivity index (χ0v) is 83.9. The maximum Gasteiger partial charge on any atom is 0.222 e. The minimum Gasteiger partial charge on any atom is -0.482 e. The minimum atomic E-state index is -0.101. The number of benzene rings is 2. The van der Waals surface area contributed by atoms with Gasteiger partial charge in [-0.1, -0.05) is 134 Å². The lowest BCUT2D eigenvalue weighted by Crippen LogP contribution is -2.25. The minimum absolute atomic E-state index is 0. The Morgan fingerprint density at radius 1 is 0.358 bits per heavy atom. The molecular formula is C90H143N29O10S5. The standard InChI is InChI=1S/C23H32N6O2.C20H25N5O2.2C16H26N6O2.C15H24N6O2.5H2S/c1-3-4-10-19(11-12-30)27-22-21(14-26-23(24)28-22)31-15-20-13-25-16-29(20)17(2)18-8-6-5-7-9-18;1-2-5-16(8-9-26)24-19-18(12-23-20(21)25-19)27-13-17-10-14-6-3-4-7-15(14)11-22-17;1-4-5-12(6-7-23)19-15-14(9-18-16(17)20-15)24-10-13-8-11(2)22(3)21-13;1-4-5-6-12(9-23)19-15-14(8-18-16(17)20-15)24-10-13-7-11(2)22(3)21-13;1-4-5-11(8-22)18-14-13(7-17-15(16)19-14)23-9-12-6-10(2)20-21(12)3;;;;;/h5-9,13-14,16-17,19,30H,3-4,10-12,15H2,1-2H3,(H3,24,26,27,28);3-4,6-7,10-12,16,26H,2,5,8-9,13H2,1H3,(H3,21,23,24,25);8-9,12,23H,4-7,10H2,1-3H3,(H3,17,18,19,20);7-8,12,23H,4-6,9-10H2,1-3H3,(H3,17,18,19,20);6-7,11,22H,4-5,8-9H2,1-3H3,(H3,16,17,18,19);5*1H2/t17-,19-;16-;2*12-;11-;;;;;/m00000...../s1. The molecule has 12 aromatic rings. The molecule has 39 nitrogen and oxygen atoms in total. The number of aliphatic hydroxyl groups excluding tert-OH is 5. The number of hydrogen-bond acceptors (Lipinski definition) is 35. The first kappa shape index (κ1) is 117. The Labute approximate surface area is 820 Å². The van der Waals surface area contributed by atoms with Gasteiger partial charge in [-0.15, -0.1) is 0 Å². The van der Waals surface area contributed by atoms with E-state index < -0.39 is 0 Å². The van der Waals surface area contributed by atoms with Crippen LogP contribution < -0.4 is 78.9 Å². The van der Waals surface area contributed by atoms with Gasteiger partial charge in [0.15, 0.2) is 57.8 Å². The van der Waals surface area contributed by atoms with Crippen molar-refractivity contribution in [1.82, 2.24) is 93.7 Å². The van der Waals surface area contributed by atoms with E-state index in [0.717, 1.165) is 133 Å². The molecule has 738 valence electrons. The molecule has 0 saturated heterocycles. The molecule has 6 atom stereocenters. The number of aryl methyl sites for hydroxylation is 6. The maximum atomic E-state index is 9.52. The van der Waals surface area contributed by atoms with Crippen molar-refractivity contribution in [2.75, 3.05) is 88.3 Å². The summed E-state index contributed by atoms with van der Waals surface area (Å²) in [5.74, 6) is 5.99. The lowest BCUT2D eigenvalue weighted by molar-refractivity contribution is 0.265. The fraction of sp³-hybridized carbons (Fsp3) is 0.478. The second kappa shape index (κ2) is 63.0. The van der Waals surface area contributed by atoms with Crippen molar-refractivity contribution in [2.45, 2.75) is 228 Å². The molecule has 0 radical (unpaired) electrons. The Balaban J connectivity index is 0.000000429. The molecule has 0 amide bonds. The van der Waals surface area contributed by atoms with Crippen molar-refractivity contribution in [3.8, 4) is 28.7 Å². The van der Waals surface area contributed by atoms with E-state index in [-0.39, 0.29) is 167 Å². The van der Waals surface area contributed by atoms with Crippen LogP contribution in [0.15, 0.2) is 129 Å². The first-order valence-corrected chi connectivity index (χ1v) is 43.9. The summed E-state index contributed by atoms with van der Waals surface area (Å²) in [6, 6.07) is 26.4. The molecule has 10 aromatic heterocycles. The molecule has 0 unspecified atom stereocenters. The smallest absolute Gasteiger partial charge is 0.222 e. The molecule has 0 spiro atoms. The fourth-order valence-electron chi connectivity index (χ4n) is 13.5. The van der Waals surface area contributed by atoms with Crippen LogP contribution >= 0.6 is 67.5 Å². The number of ether oxygens (including phenoxy) is 5. The lowest BCUT2D eigenvalue weighted by atomic mass is 10.1. The van der Waals surface area contributed by atoms with Crippen LogP contribution in [-0.2, 0) is 54.2 Å². The van der Waals surface area contributed by atoms with E-state index in [1.165, 1.54) is 18.0 Å². The van der Waals surface area contributed by atoms with Gasteiger partial charge < -0.3 is 109 Å². The summed E-state index contributed by atoms with van der Waals surface area (Å²) < 4.78 is 36.9. The third kappa shape index (κ3) is 38.9. The van der Waals surface area contributed by atoms with Gasteiger partial charge in [-0.3, -0.25) is 19.0 Å². The SMILES string of the molecule is CCCC[C@@H](CCO)Nc1nc(N)ncc1OCc1cncn1[C@@H](C)c1ccccc1.CCCC[C@@H](CO)Nc1nc(N)ncc1OCc1cc(C)n(C)n1.CCC[C@@H](CCO)Nc1nc(N)ncc1OCc1cc(C)n(C)n1.CCC[C@@H](CCO)Nc1nc(N)ncc1OCc1cc2ccccc2cn1.CCC[C@@H](CO)Nc1nc(N)ncc1OCc1cc(C)nn1C.S.S.S.S.S. The predicted molar refractivity (Wildman–Crippen MR) is 554 cm³/mol. The number of anilines is 10. The van der Waals surface area contributed by atoms with Gasteiger partial charge in [0.2, 0.25) is 29.7 Å². The highest BCUT2D eigenvalue weighted by Crippen LogP contribution is 2.32. The number of pyridine rings is 1. The molecule has 0 aliphatic heterocycles. The summed E-state index contributed by atoms with van der Waals surface area (Å²) in [6.07, 6.45) is 26.7. The quantitative estimate of drug-likeness (QED) is 0.0168. The summed E-state index contributed by atoms with van der Waals surface area (Å²) >= 11 is 0. The fourth-order valence-corrected chi connectivity index (χ4v) is 13.5. The predicted octanol–water partition coefficient (Wildman–Crippen LogP) is 12.0. The van der Waals surface area contributed by atoms with Crippen molar-refractivity contribution in [3.05, 3.63) is 180 Å². The van der Waals surface area contributed by atoms with E-state index >= 15 is 0 Å². The Morgan fingerprint density at radius 3 is 1.07 bits per heavy atom. The van der Waals surface area contributed by atoms with Gasteiger partial charge >= 0.3 is 0 Å². The number of nitrogens with two attached hydrogens (primary N) is 5. The monoisotopic (exact) mass is 1950 g/mol. The van der Waals surface area contributed by atoms with Crippen molar-refractivity contribution >= 4 is 137 Å². The molecule has 2 aromatic carbocycles. The maximum absolute atomic E-state index is 9.52. The number of rotatable bonds is 47. The van der Waals surface area contributed by atoms with Gasteiger partial charge in [0.25, 0.3) is 0 Å². The first-order chi connectivity index (χ1) is 62.4. The van der Waals surface area contributed by atoms with Gasteiger partial charge in [0.05, 0.1) is 97.6 Å². The number of nitrogens with one attached hydrogen (secondary N) is 5. The highest BCUT2D eigenvalue weighted by Gasteiger charge is 2.22. The highest BCUT2D eigenvalue weighted by atomic mass is 32.1. The molecule has 10 heterocycles. The van der Waals surface area contributed by atoms with Gasteiger partial charge in [-0.05, 0) is 114 Å². The number of aromatic nitrogens is 19. The second-order valence-electron chi connectivity index (χ2n) is 31.0. The lowest BCUT2D eigenvalue weighted by Gasteiger charge is -2.21. The van der Waals surface area contributed by atoms with Crippen LogP contribution in [0.25, 0.3) is 10.8 Å². The van der Waals surface area contributed by atoms with Crippen LogP contribution in [0, 0.1) is 20.8 Å². The number of unbranched alkanes of at least 4 members (excludes halogenated alkanes) is 2. The van der Waals surface area contributed by atoms with Crippen LogP contribution in [0.4, 0.5) is 58.8 Å². The molecular weight excluding hydrogens is 1810 g/mol. The Kier molecular flexibility index (Phi) is 54.9. The molecule has 0 bridgehead atoms. The average Bonchev–Trinajstić information content (AvgIpc) is 1.41. The van der Waals surface area contributed by atoms with Gasteiger partial charge in [-0.25, -0.2) is 29.9 Å². The van der Waals surface area contributed by atoms with Crippen LogP contribution in [0.3, 0.4) is 0 Å². The van der Waals surface area contributed by atoms with Crippen LogP contribution in [0.5, 0.6) is 28.7 Å². The van der Waals surface area contributed by atoms with E-state index in [1.54, 1.807) is 38.8 Å². The average molecular weight is 1950 g/mol. The van der Waals surface area contributed by atoms with Crippen LogP contribution in [0.2, 0.25) is 0 Å². The van der Waals surface area contributed by atoms with Crippen LogP contribution in [-0.4, -0.2) is 182 Å². The number of hydrogen-bond donors (Lipinski definition) is 15. The normalized spacial score (nSPS) is 11.9. The largest absolute Gasteiger partial charge is 0.482 e. The zero-order chi connectivity index (χ0) is 93.0. The Hall–Kier alpha value is -11.4. The molecule has 0 aliphatic rings. The van der Waals surface area contributed by atoms with Crippen LogP contribution in [0.1, 0.15) is 195 Å². The third-order valence-corrected chi connectivity index (χ3v) is 20.6. The summed E-state index contributed by atoms with van der Waals surface area (Å²) in [7, 11) is 5.65. The van der Waals surface area contributed by atoms with E-state index in [0.29, 0.717) is 110 Å². The number of nitrogens with zero attached hydrogens (tertiary/aromatic N) is 19. The number of aliphatic hydroxyl groups is 5. The number of nitrogen functional groups attached to an aromatic ring is 5. The molecule has 0 aliphatic carbocycles. The summed E-state index contributed by atoms with van der Waals surface area (Å²) in [5, 5.41) is 78.4. The number of imidazole rings is 1. The first-order valence-electron chi connectivity index (χ1n) is 43.9. The van der Waals surface area contributed by atoms with Gasteiger partial charge in [-0.2, -0.15) is 108 Å². The van der Waals surface area contributed by atoms with E-state index in [1.807, 2.05) is 121 Å². The molecule has 20 N–H and O–H groups in total. The third-order valence-electron chi connectivity index (χ3n) is 20.6. The van der Waals surface area contributed by atoms with Gasteiger partial charge in [0, 0.05) is 82.1 Å². The topological polar surface area (TPSA) is 551 Å². The molecule has 0 saturated carbocycles. The van der Waals surface area contributed by atoms with E-state index in [9.17, 15) is 25.5 Å². The van der Waals surface area contributed by atoms with E-state index in [2.05, 4.69) is 160 Å². The second-order valence-corrected chi connectivity index (χ2v) is 31.0. The summed E-state index contributed by atoms with van der Waals surface area (Å²) in [5.41, 5.74) is 37.2. The molecule has 12 rings (SSSR count). The van der Waals surface area contributed by atoms with Crippen molar-refractivity contribution in [3.63, 3.8) is 0 Å². The van der Waals surface area contributed by atoms with Crippen molar-refractivity contribution < 1.29 is 49.2 Å². The Morgan fingerprint density at radius 2 is 0.709 bits per heavy atom. The van der Waals surface area contributed by atoms with Crippen molar-refractivity contribution in [2.24, 2.45) is 21.1 Å². The van der Waals surface area contributed by atoms with Crippen molar-refractivity contribution in [1.29, 1.82) is 0 Å². The zero-order valence-electron chi connectivity index (χ0n) is 78.9. The Bertz CT molecular complexity index is 5230. The summed E-state index contributed by atoms with van der Waals surface area (Å²) in [4.78, 5) is 50.1. The summed E-state index contributed by atoms with van der Waals surface area (Å²) in [6.45, 7) is 20.5. The molecule has 0 fully saturated rings. The number of fused-ring (bicyclic) bond motifs is 1. The van der Waals surface area contributed by atoms with E-state index in [4.69, 9.17) is 52.4 Å². The van der Waals surface area contributed by atoms with Gasteiger partial charge in [0.1, 0.15) is 44.4 Å². The molecule has 134 heavy (non-hydrogen) atoms. The molecule has 44 heteroatoms. The highest BCUT2D eigenvalue weighted by molar-refractivity contribution is 7.60.